The van der Waals surface area contributed by atoms with Crippen LogP contribution in [0.5, 0.6) is 0 Å². The normalized spacial score (nSPS) is 14.7. The van der Waals surface area contributed by atoms with Crippen LogP contribution in [0.4, 0.5) is 0 Å². The molecule has 4 heteroatoms. The van der Waals surface area contributed by atoms with Gasteiger partial charge < -0.3 is 15.0 Å². The van der Waals surface area contributed by atoms with E-state index in [2.05, 4.69) is 31.0 Å². The number of hydrogen-bond donors (Lipinski definition) is 1. The summed E-state index contributed by atoms with van der Waals surface area (Å²) in [6.07, 6.45) is 0.778. The van der Waals surface area contributed by atoms with Crippen molar-refractivity contribution in [2.45, 2.75) is 53.5 Å². The van der Waals surface area contributed by atoms with E-state index in [0.717, 1.165) is 32.6 Å². The number of likely N-dealkylation sites (N-methyl/N-ethyl adjacent to an activating group) is 1. The molecule has 114 valence electrons. The van der Waals surface area contributed by atoms with Gasteiger partial charge in [-0.15, -0.1) is 0 Å². The summed E-state index contributed by atoms with van der Waals surface area (Å²) in [5.41, 5.74) is -0.574. The lowest BCUT2D eigenvalue weighted by molar-refractivity contribution is -0.151. The van der Waals surface area contributed by atoms with Gasteiger partial charge >= 0.3 is 5.97 Å². The van der Waals surface area contributed by atoms with E-state index in [1.807, 2.05) is 20.8 Å². The predicted molar refractivity (Wildman–Crippen MR) is 80.3 cm³/mol. The van der Waals surface area contributed by atoms with Gasteiger partial charge in [0.15, 0.2) is 0 Å². The minimum absolute atomic E-state index is 0.141. The van der Waals surface area contributed by atoms with Crippen molar-refractivity contribution >= 4 is 5.97 Å². The Morgan fingerprint density at radius 2 is 1.95 bits per heavy atom. The van der Waals surface area contributed by atoms with E-state index in [1.54, 1.807) is 0 Å². The quantitative estimate of drug-likeness (QED) is 0.620. The van der Waals surface area contributed by atoms with Crippen LogP contribution in [0.2, 0.25) is 0 Å². The fourth-order valence-electron chi connectivity index (χ4n) is 2.22. The summed E-state index contributed by atoms with van der Waals surface area (Å²) >= 11 is 0. The molecule has 0 aliphatic carbocycles. The first-order valence-corrected chi connectivity index (χ1v) is 7.54. The Labute approximate surface area is 118 Å². The smallest absolute Gasteiger partial charge is 0.326 e. The molecule has 0 aliphatic rings. The highest BCUT2D eigenvalue weighted by Crippen LogP contribution is 2.14. The number of hydrogen-bond acceptors (Lipinski definition) is 4. The van der Waals surface area contributed by atoms with Gasteiger partial charge in [-0.2, -0.15) is 0 Å². The van der Waals surface area contributed by atoms with Gasteiger partial charge in [0.1, 0.15) is 5.54 Å². The molecule has 0 aromatic rings. The SMILES string of the molecule is CCNC(C)(CCN(CC)CC(C)C)C(=O)OCC. The highest BCUT2D eigenvalue weighted by molar-refractivity contribution is 5.80. The summed E-state index contributed by atoms with van der Waals surface area (Å²) in [7, 11) is 0. The maximum Gasteiger partial charge on any atom is 0.326 e. The topological polar surface area (TPSA) is 41.6 Å². The molecule has 1 N–H and O–H groups in total. The Bertz CT molecular complexity index is 257. The Morgan fingerprint density at radius 1 is 1.32 bits per heavy atom. The molecule has 0 spiro atoms. The fourth-order valence-corrected chi connectivity index (χ4v) is 2.22. The molecule has 1 atom stereocenters. The van der Waals surface area contributed by atoms with Crippen molar-refractivity contribution in [3.8, 4) is 0 Å². The van der Waals surface area contributed by atoms with E-state index in [4.69, 9.17) is 4.74 Å². The Hall–Kier alpha value is -0.610. The lowest BCUT2D eigenvalue weighted by atomic mass is 9.97. The molecule has 0 amide bonds. The van der Waals surface area contributed by atoms with E-state index < -0.39 is 5.54 Å². The van der Waals surface area contributed by atoms with Crippen LogP contribution in [0.15, 0.2) is 0 Å². The van der Waals surface area contributed by atoms with Crippen LogP contribution >= 0.6 is 0 Å². The monoisotopic (exact) mass is 272 g/mol. The van der Waals surface area contributed by atoms with E-state index in [9.17, 15) is 4.79 Å². The second-order valence-corrected chi connectivity index (χ2v) is 5.62. The molecule has 0 aromatic heterocycles. The number of carbonyl (C=O) groups excluding carboxylic acids is 1. The van der Waals surface area contributed by atoms with Crippen LogP contribution in [0.25, 0.3) is 0 Å². The number of carbonyl (C=O) groups is 1. The fraction of sp³-hybridized carbons (Fsp3) is 0.933. The lowest BCUT2D eigenvalue weighted by Crippen LogP contribution is -2.52. The second-order valence-electron chi connectivity index (χ2n) is 5.62. The highest BCUT2D eigenvalue weighted by Gasteiger charge is 2.33. The minimum atomic E-state index is -0.574. The van der Waals surface area contributed by atoms with Gasteiger partial charge in [0, 0.05) is 13.1 Å². The van der Waals surface area contributed by atoms with E-state index >= 15 is 0 Å². The van der Waals surface area contributed by atoms with Crippen LogP contribution in [0.1, 0.15) is 48.0 Å². The summed E-state index contributed by atoms with van der Waals surface area (Å²) in [6.45, 7) is 16.6. The molecule has 4 nitrogen and oxygen atoms in total. The minimum Gasteiger partial charge on any atom is -0.465 e. The molecule has 0 saturated carbocycles. The van der Waals surface area contributed by atoms with Crippen molar-refractivity contribution in [3.05, 3.63) is 0 Å². The zero-order chi connectivity index (χ0) is 14.9. The third-order valence-corrected chi connectivity index (χ3v) is 3.29. The zero-order valence-electron chi connectivity index (χ0n) is 13.6. The second kappa shape index (κ2) is 9.32. The average molecular weight is 272 g/mol. The van der Waals surface area contributed by atoms with Gasteiger partial charge in [-0.05, 0) is 39.3 Å². The maximum atomic E-state index is 12.1. The largest absolute Gasteiger partial charge is 0.465 e. The third kappa shape index (κ3) is 6.92. The van der Waals surface area contributed by atoms with Crippen molar-refractivity contribution in [1.29, 1.82) is 0 Å². The van der Waals surface area contributed by atoms with Crippen molar-refractivity contribution in [2.24, 2.45) is 5.92 Å². The first-order chi connectivity index (χ1) is 8.89. The van der Waals surface area contributed by atoms with Crippen LogP contribution in [0.3, 0.4) is 0 Å². The summed E-state index contributed by atoms with van der Waals surface area (Å²) in [4.78, 5) is 14.5. The molecule has 0 heterocycles. The molecule has 0 radical (unpaired) electrons. The Balaban J connectivity index is 4.51. The van der Waals surface area contributed by atoms with Crippen molar-refractivity contribution in [2.75, 3.05) is 32.8 Å². The van der Waals surface area contributed by atoms with E-state index in [1.165, 1.54) is 0 Å². The molecule has 0 aromatic carbocycles. The van der Waals surface area contributed by atoms with E-state index in [0.29, 0.717) is 12.5 Å². The first-order valence-electron chi connectivity index (χ1n) is 7.54. The number of ether oxygens (including phenoxy) is 1. The summed E-state index contributed by atoms with van der Waals surface area (Å²) in [5, 5.41) is 3.28. The summed E-state index contributed by atoms with van der Waals surface area (Å²) in [6, 6.07) is 0. The van der Waals surface area contributed by atoms with Gasteiger partial charge in [-0.25, -0.2) is 0 Å². The molecule has 0 saturated heterocycles. The van der Waals surface area contributed by atoms with Gasteiger partial charge in [-0.1, -0.05) is 27.7 Å². The number of nitrogens with zero attached hydrogens (tertiary/aromatic N) is 1. The van der Waals surface area contributed by atoms with Gasteiger partial charge in [-0.3, -0.25) is 4.79 Å². The standard InChI is InChI=1S/C15H32N2O2/c1-7-16-15(6,14(18)19-9-3)10-11-17(8-2)12-13(4)5/h13,16H,7-12H2,1-6H3. The molecular formula is C15H32N2O2. The van der Waals surface area contributed by atoms with Crippen molar-refractivity contribution in [1.82, 2.24) is 10.2 Å². The van der Waals surface area contributed by atoms with Crippen LogP contribution in [-0.2, 0) is 9.53 Å². The summed E-state index contributed by atoms with van der Waals surface area (Å²) in [5.74, 6) is 0.505. The van der Waals surface area contributed by atoms with Crippen molar-refractivity contribution < 1.29 is 9.53 Å². The van der Waals surface area contributed by atoms with Gasteiger partial charge in [0.25, 0.3) is 0 Å². The maximum absolute atomic E-state index is 12.1. The molecule has 0 bridgehead atoms. The van der Waals surface area contributed by atoms with Crippen molar-refractivity contribution in [3.63, 3.8) is 0 Å². The number of rotatable bonds is 10. The number of nitrogens with one attached hydrogen (secondary N) is 1. The van der Waals surface area contributed by atoms with E-state index in [-0.39, 0.29) is 5.97 Å². The number of esters is 1. The van der Waals surface area contributed by atoms with Gasteiger partial charge in [0.2, 0.25) is 0 Å². The summed E-state index contributed by atoms with van der Waals surface area (Å²) < 4.78 is 5.19. The average Bonchev–Trinajstić information content (AvgIpc) is 2.34. The lowest BCUT2D eigenvalue weighted by Gasteiger charge is -2.31. The van der Waals surface area contributed by atoms with Crippen LogP contribution in [-0.4, -0.2) is 49.2 Å². The van der Waals surface area contributed by atoms with Crippen LogP contribution in [0, 0.1) is 5.92 Å². The molecule has 19 heavy (non-hydrogen) atoms. The molecule has 0 rings (SSSR count). The third-order valence-electron chi connectivity index (χ3n) is 3.29. The Morgan fingerprint density at radius 3 is 2.37 bits per heavy atom. The van der Waals surface area contributed by atoms with Crippen LogP contribution < -0.4 is 5.32 Å². The predicted octanol–water partition coefficient (Wildman–Crippen LogP) is 2.29. The molecular weight excluding hydrogens is 240 g/mol. The Kier molecular flexibility index (Phi) is 9.02. The van der Waals surface area contributed by atoms with Gasteiger partial charge in [0.05, 0.1) is 6.61 Å². The zero-order valence-corrected chi connectivity index (χ0v) is 13.6. The molecule has 1 unspecified atom stereocenters. The molecule has 0 fully saturated rings. The highest BCUT2D eigenvalue weighted by atomic mass is 16.5. The molecule has 0 aliphatic heterocycles. The first kappa shape index (κ1) is 18.4.